The minimum Gasteiger partial charge on any atom is -0.338 e. The molecule has 1 atom stereocenters. The second-order valence-corrected chi connectivity index (χ2v) is 5.55. The quantitative estimate of drug-likeness (QED) is 0.892. The molecule has 0 bridgehead atoms. The molecule has 0 amide bonds. The molecule has 2 aromatic heterocycles. The maximum absolute atomic E-state index is 5.46. The van der Waals surface area contributed by atoms with Gasteiger partial charge in [-0.2, -0.15) is 4.98 Å². The Morgan fingerprint density at radius 3 is 2.58 bits per heavy atom. The molecule has 1 fully saturated rings. The van der Waals surface area contributed by atoms with Crippen LogP contribution in [0.5, 0.6) is 0 Å². The van der Waals surface area contributed by atoms with Crippen molar-refractivity contribution in [3.63, 3.8) is 0 Å². The van der Waals surface area contributed by atoms with Crippen molar-refractivity contribution in [2.75, 3.05) is 13.1 Å². The summed E-state index contributed by atoms with van der Waals surface area (Å²) in [5.41, 5.74) is 2.86. The van der Waals surface area contributed by atoms with Gasteiger partial charge in [0, 0.05) is 23.5 Å². The highest BCUT2D eigenvalue weighted by atomic mass is 16.5. The fraction of sp³-hybridized carbons (Fsp3) is 0.500. The number of rotatable bonds is 2. The summed E-state index contributed by atoms with van der Waals surface area (Å²) in [4.78, 5) is 8.93. The molecule has 2 aromatic rings. The first-order valence-corrected chi connectivity index (χ1v) is 6.57. The predicted octanol–water partition coefficient (Wildman–Crippen LogP) is 2.00. The Hall–Kier alpha value is -1.75. The Morgan fingerprint density at radius 1 is 1.21 bits per heavy atom. The predicted molar refractivity (Wildman–Crippen MR) is 71.8 cm³/mol. The summed E-state index contributed by atoms with van der Waals surface area (Å²) in [6, 6.07) is 3.97. The van der Waals surface area contributed by atoms with Gasteiger partial charge in [-0.05, 0) is 45.9 Å². The summed E-state index contributed by atoms with van der Waals surface area (Å²) in [7, 11) is 0. The molecule has 1 aliphatic heterocycles. The SMILES string of the molecule is Cc1cc(-c2noc(C3(C)CCNC3)n2)cc(C)n1. The highest BCUT2D eigenvalue weighted by molar-refractivity contribution is 5.55. The van der Waals surface area contributed by atoms with E-state index < -0.39 is 0 Å². The smallest absolute Gasteiger partial charge is 0.234 e. The van der Waals surface area contributed by atoms with Crippen LogP contribution < -0.4 is 5.32 Å². The zero-order valence-electron chi connectivity index (χ0n) is 11.5. The van der Waals surface area contributed by atoms with E-state index in [1.54, 1.807) is 0 Å². The molecule has 5 heteroatoms. The van der Waals surface area contributed by atoms with Crippen molar-refractivity contribution in [3.05, 3.63) is 29.4 Å². The van der Waals surface area contributed by atoms with E-state index in [1.165, 1.54) is 0 Å². The molecule has 1 aliphatic rings. The second kappa shape index (κ2) is 4.42. The molecule has 0 radical (unpaired) electrons. The Morgan fingerprint density at radius 2 is 1.95 bits per heavy atom. The van der Waals surface area contributed by atoms with Crippen molar-refractivity contribution in [1.29, 1.82) is 0 Å². The first-order valence-electron chi connectivity index (χ1n) is 6.57. The molecule has 0 aromatic carbocycles. The number of hydrogen-bond acceptors (Lipinski definition) is 5. The van der Waals surface area contributed by atoms with E-state index in [2.05, 4.69) is 27.4 Å². The Kier molecular flexibility index (Phi) is 2.86. The van der Waals surface area contributed by atoms with Crippen molar-refractivity contribution in [2.24, 2.45) is 0 Å². The average Bonchev–Trinajstić information content (AvgIpc) is 2.96. The molecular formula is C14H18N4O. The van der Waals surface area contributed by atoms with Gasteiger partial charge < -0.3 is 9.84 Å². The molecule has 3 rings (SSSR count). The van der Waals surface area contributed by atoms with Crippen molar-refractivity contribution in [2.45, 2.75) is 32.6 Å². The highest BCUT2D eigenvalue weighted by Crippen LogP contribution is 2.30. The summed E-state index contributed by atoms with van der Waals surface area (Å²) < 4.78 is 5.46. The van der Waals surface area contributed by atoms with Crippen LogP contribution in [0.2, 0.25) is 0 Å². The van der Waals surface area contributed by atoms with Gasteiger partial charge in [-0.15, -0.1) is 0 Å². The van der Waals surface area contributed by atoms with Crippen molar-refractivity contribution in [3.8, 4) is 11.4 Å². The van der Waals surface area contributed by atoms with E-state index in [9.17, 15) is 0 Å². The summed E-state index contributed by atoms with van der Waals surface area (Å²) in [5, 5.41) is 7.46. The molecule has 100 valence electrons. The van der Waals surface area contributed by atoms with Gasteiger partial charge in [0.15, 0.2) is 0 Å². The minimum absolute atomic E-state index is 0.0393. The van der Waals surface area contributed by atoms with Crippen LogP contribution in [0.15, 0.2) is 16.7 Å². The van der Waals surface area contributed by atoms with E-state index >= 15 is 0 Å². The van der Waals surface area contributed by atoms with Gasteiger partial charge in [-0.1, -0.05) is 5.16 Å². The van der Waals surface area contributed by atoms with Gasteiger partial charge in [0.1, 0.15) is 0 Å². The number of aryl methyl sites for hydroxylation is 2. The second-order valence-electron chi connectivity index (χ2n) is 5.55. The van der Waals surface area contributed by atoms with Crippen molar-refractivity contribution < 1.29 is 4.52 Å². The molecule has 19 heavy (non-hydrogen) atoms. The van der Waals surface area contributed by atoms with Crippen LogP contribution in [-0.4, -0.2) is 28.2 Å². The topological polar surface area (TPSA) is 63.8 Å². The lowest BCUT2D eigenvalue weighted by molar-refractivity contribution is 0.306. The molecule has 3 heterocycles. The number of aromatic nitrogens is 3. The normalized spacial score (nSPS) is 22.9. The zero-order valence-corrected chi connectivity index (χ0v) is 11.5. The van der Waals surface area contributed by atoms with Crippen LogP contribution in [0, 0.1) is 13.8 Å². The molecule has 0 aliphatic carbocycles. The summed E-state index contributed by atoms with van der Waals surface area (Å²) in [6.07, 6.45) is 1.03. The first-order chi connectivity index (χ1) is 9.07. The molecule has 5 nitrogen and oxygen atoms in total. The third-order valence-electron chi connectivity index (χ3n) is 3.65. The number of pyridine rings is 1. The van der Waals surface area contributed by atoms with E-state index in [0.717, 1.165) is 42.4 Å². The standard InChI is InChI=1S/C14H18N4O/c1-9-6-11(7-10(2)16-9)12-17-13(19-18-12)14(3)4-5-15-8-14/h6-7,15H,4-5,8H2,1-3H3. The van der Waals surface area contributed by atoms with E-state index in [-0.39, 0.29) is 5.41 Å². The van der Waals surface area contributed by atoms with Gasteiger partial charge in [-0.3, -0.25) is 4.98 Å². The van der Waals surface area contributed by atoms with Gasteiger partial charge in [0.25, 0.3) is 0 Å². The summed E-state index contributed by atoms with van der Waals surface area (Å²) in [6.45, 7) is 8.00. The van der Waals surface area contributed by atoms with Crippen LogP contribution >= 0.6 is 0 Å². The fourth-order valence-corrected chi connectivity index (χ4v) is 2.55. The average molecular weight is 258 g/mol. The lowest BCUT2D eigenvalue weighted by Crippen LogP contribution is -2.25. The zero-order chi connectivity index (χ0) is 13.5. The van der Waals surface area contributed by atoms with Crippen molar-refractivity contribution >= 4 is 0 Å². The third kappa shape index (κ3) is 2.26. The summed E-state index contributed by atoms with van der Waals surface area (Å²) in [5.74, 6) is 1.37. The van der Waals surface area contributed by atoms with Gasteiger partial charge in [-0.25, -0.2) is 0 Å². The van der Waals surface area contributed by atoms with Crippen LogP contribution in [0.4, 0.5) is 0 Å². The maximum atomic E-state index is 5.46. The van der Waals surface area contributed by atoms with Gasteiger partial charge in [0.05, 0.1) is 5.41 Å². The van der Waals surface area contributed by atoms with Crippen LogP contribution in [-0.2, 0) is 5.41 Å². The van der Waals surface area contributed by atoms with Crippen LogP contribution in [0.3, 0.4) is 0 Å². The van der Waals surface area contributed by atoms with Gasteiger partial charge in [0.2, 0.25) is 11.7 Å². The van der Waals surface area contributed by atoms with Crippen LogP contribution in [0.25, 0.3) is 11.4 Å². The minimum atomic E-state index is -0.0393. The van der Waals surface area contributed by atoms with E-state index in [4.69, 9.17) is 4.52 Å². The number of nitrogens with one attached hydrogen (secondary N) is 1. The Balaban J connectivity index is 1.96. The number of hydrogen-bond donors (Lipinski definition) is 1. The number of nitrogens with zero attached hydrogens (tertiary/aromatic N) is 3. The molecule has 0 spiro atoms. The van der Waals surface area contributed by atoms with Crippen molar-refractivity contribution in [1.82, 2.24) is 20.4 Å². The first kappa shape index (κ1) is 12.3. The van der Waals surface area contributed by atoms with Gasteiger partial charge >= 0.3 is 0 Å². The van der Waals surface area contributed by atoms with E-state index in [1.807, 2.05) is 26.0 Å². The monoisotopic (exact) mass is 258 g/mol. The Labute approximate surface area is 112 Å². The lowest BCUT2D eigenvalue weighted by atomic mass is 9.90. The molecule has 1 unspecified atom stereocenters. The molecular weight excluding hydrogens is 240 g/mol. The molecule has 0 saturated carbocycles. The van der Waals surface area contributed by atoms with Crippen LogP contribution in [0.1, 0.15) is 30.6 Å². The third-order valence-corrected chi connectivity index (χ3v) is 3.65. The highest BCUT2D eigenvalue weighted by Gasteiger charge is 2.36. The maximum Gasteiger partial charge on any atom is 0.234 e. The molecule has 1 saturated heterocycles. The fourth-order valence-electron chi connectivity index (χ4n) is 2.55. The molecule has 1 N–H and O–H groups in total. The Bertz CT molecular complexity index is 579. The van der Waals surface area contributed by atoms with E-state index in [0.29, 0.717) is 5.82 Å². The largest absolute Gasteiger partial charge is 0.338 e. The summed E-state index contributed by atoms with van der Waals surface area (Å²) >= 11 is 0. The lowest BCUT2D eigenvalue weighted by Gasteiger charge is -2.15.